The molecule has 0 aliphatic rings. The molecular formula is C13H15N5O2. The summed E-state index contributed by atoms with van der Waals surface area (Å²) in [5, 5.41) is 13.8. The minimum atomic E-state index is -1.01. The first-order valence-electron chi connectivity index (χ1n) is 6.05. The Labute approximate surface area is 115 Å². The SMILES string of the molecule is Nc1ccnc(Nc2ccc(CCNC(=O)O)cc2)n1. The predicted molar refractivity (Wildman–Crippen MR) is 75.9 cm³/mol. The lowest BCUT2D eigenvalue weighted by atomic mass is 10.1. The summed E-state index contributed by atoms with van der Waals surface area (Å²) in [7, 11) is 0. The number of rotatable bonds is 5. The predicted octanol–water partition coefficient (Wildman–Crippen LogP) is 1.61. The van der Waals surface area contributed by atoms with Crippen LogP contribution in [0.1, 0.15) is 5.56 Å². The number of anilines is 3. The third-order valence-corrected chi connectivity index (χ3v) is 2.58. The Hall–Kier alpha value is -2.83. The van der Waals surface area contributed by atoms with Gasteiger partial charge in [-0.15, -0.1) is 0 Å². The second-order valence-corrected chi connectivity index (χ2v) is 4.11. The average molecular weight is 273 g/mol. The molecule has 0 fully saturated rings. The quantitative estimate of drug-likeness (QED) is 0.658. The molecule has 1 heterocycles. The van der Waals surface area contributed by atoms with E-state index in [0.717, 1.165) is 11.3 Å². The number of benzene rings is 1. The normalized spacial score (nSPS) is 10.0. The first kappa shape index (κ1) is 13.6. The van der Waals surface area contributed by atoms with E-state index in [0.29, 0.717) is 24.7 Å². The monoisotopic (exact) mass is 273 g/mol. The molecule has 5 N–H and O–H groups in total. The molecule has 7 heteroatoms. The third-order valence-electron chi connectivity index (χ3n) is 2.58. The number of hydrogen-bond donors (Lipinski definition) is 4. The van der Waals surface area contributed by atoms with Crippen LogP contribution in [0.5, 0.6) is 0 Å². The van der Waals surface area contributed by atoms with Crippen LogP contribution in [0.25, 0.3) is 0 Å². The largest absolute Gasteiger partial charge is 0.465 e. The van der Waals surface area contributed by atoms with Crippen molar-refractivity contribution in [1.82, 2.24) is 15.3 Å². The molecule has 0 atom stereocenters. The van der Waals surface area contributed by atoms with Crippen molar-refractivity contribution in [3.63, 3.8) is 0 Å². The van der Waals surface area contributed by atoms with E-state index in [9.17, 15) is 4.79 Å². The number of amides is 1. The molecule has 0 saturated carbocycles. The molecule has 2 aromatic rings. The summed E-state index contributed by atoms with van der Waals surface area (Å²) in [6.07, 6.45) is 1.21. The maximum absolute atomic E-state index is 10.3. The maximum Gasteiger partial charge on any atom is 0.404 e. The summed E-state index contributed by atoms with van der Waals surface area (Å²) in [5.41, 5.74) is 7.45. The Kier molecular flexibility index (Phi) is 4.33. The first-order chi connectivity index (χ1) is 9.63. The van der Waals surface area contributed by atoms with E-state index in [1.54, 1.807) is 12.3 Å². The highest BCUT2D eigenvalue weighted by Crippen LogP contribution is 2.14. The van der Waals surface area contributed by atoms with Crippen LogP contribution >= 0.6 is 0 Å². The fourth-order valence-electron chi connectivity index (χ4n) is 1.63. The molecule has 1 amide bonds. The van der Waals surface area contributed by atoms with Gasteiger partial charge in [-0.05, 0) is 30.2 Å². The highest BCUT2D eigenvalue weighted by molar-refractivity contribution is 5.64. The average Bonchev–Trinajstić information content (AvgIpc) is 2.40. The van der Waals surface area contributed by atoms with Gasteiger partial charge in [-0.2, -0.15) is 4.98 Å². The van der Waals surface area contributed by atoms with E-state index < -0.39 is 6.09 Å². The molecule has 1 aromatic heterocycles. The summed E-state index contributed by atoms with van der Waals surface area (Å²) in [6, 6.07) is 9.20. The van der Waals surface area contributed by atoms with Crippen LogP contribution in [0.3, 0.4) is 0 Å². The van der Waals surface area contributed by atoms with Crippen molar-refractivity contribution in [1.29, 1.82) is 0 Å². The van der Waals surface area contributed by atoms with Crippen LogP contribution in [0.4, 0.5) is 22.2 Å². The second-order valence-electron chi connectivity index (χ2n) is 4.11. The van der Waals surface area contributed by atoms with Gasteiger partial charge >= 0.3 is 6.09 Å². The van der Waals surface area contributed by atoms with Crippen molar-refractivity contribution >= 4 is 23.5 Å². The lowest BCUT2D eigenvalue weighted by molar-refractivity contribution is 0.194. The van der Waals surface area contributed by atoms with Gasteiger partial charge in [0.25, 0.3) is 0 Å². The summed E-state index contributed by atoms with van der Waals surface area (Å²) in [4.78, 5) is 18.4. The van der Waals surface area contributed by atoms with Gasteiger partial charge in [-0.25, -0.2) is 9.78 Å². The molecule has 0 radical (unpaired) electrons. The van der Waals surface area contributed by atoms with E-state index in [-0.39, 0.29) is 0 Å². The van der Waals surface area contributed by atoms with Crippen molar-refractivity contribution < 1.29 is 9.90 Å². The van der Waals surface area contributed by atoms with Crippen LogP contribution in [0.2, 0.25) is 0 Å². The molecule has 20 heavy (non-hydrogen) atoms. The van der Waals surface area contributed by atoms with E-state index in [4.69, 9.17) is 10.8 Å². The molecular weight excluding hydrogens is 258 g/mol. The third kappa shape index (κ3) is 4.13. The van der Waals surface area contributed by atoms with E-state index in [2.05, 4.69) is 20.6 Å². The van der Waals surface area contributed by atoms with Crippen LogP contribution in [0, 0.1) is 0 Å². The fraction of sp³-hybridized carbons (Fsp3) is 0.154. The molecule has 104 valence electrons. The zero-order chi connectivity index (χ0) is 14.4. The number of nitrogen functional groups attached to an aromatic ring is 1. The summed E-state index contributed by atoms with van der Waals surface area (Å²) in [5.74, 6) is 0.837. The Morgan fingerprint density at radius 2 is 2.00 bits per heavy atom. The summed E-state index contributed by atoms with van der Waals surface area (Å²) in [6.45, 7) is 0.389. The standard InChI is InChI=1S/C13H15N5O2/c14-11-6-8-15-12(18-11)17-10-3-1-9(2-4-10)5-7-16-13(19)20/h1-4,6,8,16H,5,7H2,(H,19,20)(H3,14,15,17,18). The molecule has 0 saturated heterocycles. The van der Waals surface area contributed by atoms with Crippen LogP contribution in [-0.4, -0.2) is 27.7 Å². The van der Waals surface area contributed by atoms with Gasteiger partial charge in [0.2, 0.25) is 5.95 Å². The van der Waals surface area contributed by atoms with Crippen LogP contribution in [-0.2, 0) is 6.42 Å². The topological polar surface area (TPSA) is 113 Å². The van der Waals surface area contributed by atoms with E-state index >= 15 is 0 Å². The molecule has 0 unspecified atom stereocenters. The number of hydrogen-bond acceptors (Lipinski definition) is 5. The number of nitrogens with two attached hydrogens (primary N) is 1. The molecule has 0 aliphatic carbocycles. The van der Waals surface area contributed by atoms with Gasteiger partial charge in [0.1, 0.15) is 5.82 Å². The Bertz CT molecular complexity index is 586. The number of carbonyl (C=O) groups is 1. The van der Waals surface area contributed by atoms with E-state index in [1.165, 1.54) is 0 Å². The van der Waals surface area contributed by atoms with Crippen LogP contribution in [0.15, 0.2) is 36.5 Å². The molecule has 2 rings (SSSR count). The zero-order valence-corrected chi connectivity index (χ0v) is 10.7. The van der Waals surface area contributed by atoms with Gasteiger partial charge in [0.05, 0.1) is 0 Å². The van der Waals surface area contributed by atoms with Crippen molar-refractivity contribution in [2.24, 2.45) is 0 Å². The summed E-state index contributed by atoms with van der Waals surface area (Å²) >= 11 is 0. The smallest absolute Gasteiger partial charge is 0.404 e. The van der Waals surface area contributed by atoms with Gasteiger partial charge < -0.3 is 21.5 Å². The molecule has 0 spiro atoms. The van der Waals surface area contributed by atoms with Gasteiger partial charge in [-0.1, -0.05) is 12.1 Å². The second kappa shape index (κ2) is 6.37. The van der Waals surface area contributed by atoms with Crippen molar-refractivity contribution in [3.05, 3.63) is 42.1 Å². The Balaban J connectivity index is 1.93. The molecule has 1 aromatic carbocycles. The minimum Gasteiger partial charge on any atom is -0.465 e. The lowest BCUT2D eigenvalue weighted by Crippen LogP contribution is -2.23. The van der Waals surface area contributed by atoms with Crippen molar-refractivity contribution in [2.75, 3.05) is 17.6 Å². The Morgan fingerprint density at radius 1 is 1.25 bits per heavy atom. The fourth-order valence-corrected chi connectivity index (χ4v) is 1.63. The maximum atomic E-state index is 10.3. The number of carboxylic acid groups (broad SMARTS) is 1. The van der Waals surface area contributed by atoms with Crippen LogP contribution < -0.4 is 16.4 Å². The molecule has 7 nitrogen and oxygen atoms in total. The zero-order valence-electron chi connectivity index (χ0n) is 10.7. The number of nitrogens with one attached hydrogen (secondary N) is 2. The van der Waals surface area contributed by atoms with Gasteiger partial charge in [0, 0.05) is 18.4 Å². The van der Waals surface area contributed by atoms with Crippen molar-refractivity contribution in [2.45, 2.75) is 6.42 Å². The van der Waals surface area contributed by atoms with E-state index in [1.807, 2.05) is 24.3 Å². The van der Waals surface area contributed by atoms with Crippen molar-refractivity contribution in [3.8, 4) is 0 Å². The number of nitrogens with zero attached hydrogens (tertiary/aromatic N) is 2. The number of aromatic nitrogens is 2. The summed E-state index contributed by atoms with van der Waals surface area (Å²) < 4.78 is 0. The Morgan fingerprint density at radius 3 is 2.65 bits per heavy atom. The lowest BCUT2D eigenvalue weighted by Gasteiger charge is -2.06. The highest BCUT2D eigenvalue weighted by atomic mass is 16.4. The van der Waals surface area contributed by atoms with Gasteiger partial charge in [0.15, 0.2) is 0 Å². The minimum absolute atomic E-state index is 0.389. The van der Waals surface area contributed by atoms with Gasteiger partial charge in [-0.3, -0.25) is 0 Å². The molecule has 0 bridgehead atoms. The highest BCUT2D eigenvalue weighted by Gasteiger charge is 2.00. The first-order valence-corrected chi connectivity index (χ1v) is 6.05. The molecule has 0 aliphatic heterocycles.